The molecule has 3 N–H and O–H groups in total. The van der Waals surface area contributed by atoms with E-state index in [1.165, 1.54) is 5.56 Å². The van der Waals surface area contributed by atoms with E-state index < -0.39 is 0 Å². The summed E-state index contributed by atoms with van der Waals surface area (Å²) in [7, 11) is 0. The van der Waals surface area contributed by atoms with Crippen LogP contribution in [-0.4, -0.2) is 21.6 Å². The molecular formula is C22H20N4O. The van der Waals surface area contributed by atoms with Crippen molar-refractivity contribution in [1.29, 1.82) is 0 Å². The fraction of sp³-hybridized carbons (Fsp3) is 0.0909. The number of phenolic OH excluding ortho intramolecular Hbond substituents is 1. The molecule has 5 nitrogen and oxygen atoms in total. The Labute approximate surface area is 157 Å². The molecule has 0 bridgehead atoms. The Kier molecular flexibility index (Phi) is 4.83. The zero-order chi connectivity index (χ0) is 18.5. The van der Waals surface area contributed by atoms with E-state index >= 15 is 0 Å². The minimum atomic E-state index is 0.195. The van der Waals surface area contributed by atoms with Gasteiger partial charge in [0.05, 0.1) is 5.52 Å². The number of aromatic hydroxyl groups is 1. The van der Waals surface area contributed by atoms with Gasteiger partial charge < -0.3 is 15.7 Å². The van der Waals surface area contributed by atoms with E-state index in [4.69, 9.17) is 0 Å². The zero-order valence-electron chi connectivity index (χ0n) is 14.8. The lowest BCUT2D eigenvalue weighted by molar-refractivity contribution is 0.476. The summed E-state index contributed by atoms with van der Waals surface area (Å²) in [6.45, 7) is 0.733. The number of anilines is 3. The maximum absolute atomic E-state index is 9.86. The van der Waals surface area contributed by atoms with Crippen LogP contribution in [0.25, 0.3) is 10.9 Å². The van der Waals surface area contributed by atoms with Gasteiger partial charge in [-0.15, -0.1) is 0 Å². The summed E-state index contributed by atoms with van der Waals surface area (Å²) in [5.74, 6) is 1.41. The Bertz CT molecular complexity index is 1040. The number of rotatable bonds is 6. The van der Waals surface area contributed by atoms with E-state index in [0.29, 0.717) is 11.8 Å². The predicted octanol–water partition coefficient (Wildman–Crippen LogP) is 4.73. The number of para-hydroxylation sites is 1. The lowest BCUT2D eigenvalue weighted by Crippen LogP contribution is -2.09. The molecule has 4 rings (SSSR count). The molecule has 0 saturated heterocycles. The van der Waals surface area contributed by atoms with Gasteiger partial charge in [-0.3, -0.25) is 0 Å². The molecular weight excluding hydrogens is 336 g/mol. The number of nitrogens with one attached hydrogen (secondary N) is 2. The smallest absolute Gasteiger partial charge is 0.229 e. The van der Waals surface area contributed by atoms with Crippen LogP contribution >= 0.6 is 0 Å². The topological polar surface area (TPSA) is 70.1 Å². The van der Waals surface area contributed by atoms with Crippen LogP contribution in [0.15, 0.2) is 78.9 Å². The van der Waals surface area contributed by atoms with Crippen molar-refractivity contribution in [2.45, 2.75) is 6.42 Å². The molecule has 27 heavy (non-hydrogen) atoms. The standard InChI is InChI=1S/C22H20N4O/c27-18-11-12-20-19(15-18)21(23-14-13-16-7-3-1-4-8-16)26-22(25-20)24-17-9-5-2-6-10-17/h1-12,15,27H,13-14H2,(H2,23,24,25,26). The maximum Gasteiger partial charge on any atom is 0.229 e. The first-order valence-corrected chi connectivity index (χ1v) is 8.88. The van der Waals surface area contributed by atoms with Crippen LogP contribution in [0.3, 0.4) is 0 Å². The van der Waals surface area contributed by atoms with Crippen LogP contribution in [0, 0.1) is 0 Å². The molecule has 0 atom stereocenters. The second-order valence-electron chi connectivity index (χ2n) is 6.25. The summed E-state index contributed by atoms with van der Waals surface area (Å²) >= 11 is 0. The molecule has 0 aliphatic heterocycles. The number of phenols is 1. The third-order valence-electron chi connectivity index (χ3n) is 4.26. The van der Waals surface area contributed by atoms with E-state index in [9.17, 15) is 5.11 Å². The normalized spacial score (nSPS) is 10.7. The van der Waals surface area contributed by atoms with Crippen molar-refractivity contribution in [2.24, 2.45) is 0 Å². The SMILES string of the molecule is Oc1ccc2nc(Nc3ccccc3)nc(NCCc3ccccc3)c2c1. The Hall–Kier alpha value is -3.60. The van der Waals surface area contributed by atoms with E-state index in [2.05, 4.69) is 32.7 Å². The number of hydrogen-bond acceptors (Lipinski definition) is 5. The first kappa shape index (κ1) is 16.8. The van der Waals surface area contributed by atoms with Crippen LogP contribution in [0.5, 0.6) is 5.75 Å². The van der Waals surface area contributed by atoms with Crippen molar-refractivity contribution in [3.8, 4) is 5.75 Å². The molecule has 1 aromatic heterocycles. The molecule has 134 valence electrons. The number of benzene rings is 3. The molecule has 0 unspecified atom stereocenters. The molecule has 0 fully saturated rings. The molecule has 5 heteroatoms. The van der Waals surface area contributed by atoms with Crippen LogP contribution < -0.4 is 10.6 Å². The Morgan fingerprint density at radius 2 is 1.56 bits per heavy atom. The number of aromatic nitrogens is 2. The van der Waals surface area contributed by atoms with Gasteiger partial charge in [0.25, 0.3) is 0 Å². The van der Waals surface area contributed by atoms with Gasteiger partial charge in [-0.25, -0.2) is 4.98 Å². The average Bonchev–Trinajstić information content (AvgIpc) is 2.70. The van der Waals surface area contributed by atoms with Crippen molar-refractivity contribution >= 4 is 28.4 Å². The zero-order valence-corrected chi connectivity index (χ0v) is 14.8. The minimum Gasteiger partial charge on any atom is -0.508 e. The quantitative estimate of drug-likeness (QED) is 0.466. The van der Waals surface area contributed by atoms with E-state index in [1.807, 2.05) is 48.5 Å². The first-order valence-electron chi connectivity index (χ1n) is 8.88. The lowest BCUT2D eigenvalue weighted by Gasteiger charge is -2.12. The van der Waals surface area contributed by atoms with E-state index in [1.54, 1.807) is 18.2 Å². The monoisotopic (exact) mass is 356 g/mol. The summed E-state index contributed by atoms with van der Waals surface area (Å²) in [6.07, 6.45) is 0.882. The van der Waals surface area contributed by atoms with Crippen molar-refractivity contribution in [1.82, 2.24) is 9.97 Å². The highest BCUT2D eigenvalue weighted by Crippen LogP contribution is 2.27. The van der Waals surface area contributed by atoms with Crippen LogP contribution in [0.2, 0.25) is 0 Å². The van der Waals surface area contributed by atoms with Crippen LogP contribution in [0.1, 0.15) is 5.56 Å². The molecule has 0 saturated carbocycles. The van der Waals surface area contributed by atoms with E-state index in [0.717, 1.165) is 29.6 Å². The summed E-state index contributed by atoms with van der Waals surface area (Å²) in [5.41, 5.74) is 2.95. The summed E-state index contributed by atoms with van der Waals surface area (Å²) in [4.78, 5) is 9.19. The summed E-state index contributed by atoms with van der Waals surface area (Å²) in [5, 5.41) is 17.3. The Morgan fingerprint density at radius 1 is 0.815 bits per heavy atom. The first-order chi connectivity index (χ1) is 13.3. The molecule has 1 heterocycles. The molecule has 3 aromatic carbocycles. The number of hydrogen-bond donors (Lipinski definition) is 3. The Balaban J connectivity index is 1.61. The van der Waals surface area contributed by atoms with Gasteiger partial charge in [-0.1, -0.05) is 48.5 Å². The summed E-state index contributed by atoms with van der Waals surface area (Å²) in [6, 6.07) is 25.2. The van der Waals surface area contributed by atoms with Gasteiger partial charge in [0, 0.05) is 17.6 Å². The van der Waals surface area contributed by atoms with Gasteiger partial charge in [0.15, 0.2) is 0 Å². The molecule has 0 radical (unpaired) electrons. The highest BCUT2D eigenvalue weighted by Gasteiger charge is 2.09. The second-order valence-corrected chi connectivity index (χ2v) is 6.25. The predicted molar refractivity (Wildman–Crippen MR) is 110 cm³/mol. The second kappa shape index (κ2) is 7.74. The molecule has 4 aromatic rings. The third-order valence-corrected chi connectivity index (χ3v) is 4.26. The molecule has 0 aliphatic rings. The maximum atomic E-state index is 9.86. The average molecular weight is 356 g/mol. The van der Waals surface area contributed by atoms with Gasteiger partial charge in [-0.05, 0) is 42.3 Å². The molecule has 0 aliphatic carbocycles. The van der Waals surface area contributed by atoms with Gasteiger partial charge in [-0.2, -0.15) is 4.98 Å². The largest absolute Gasteiger partial charge is 0.508 e. The third kappa shape index (κ3) is 4.15. The van der Waals surface area contributed by atoms with Gasteiger partial charge >= 0.3 is 0 Å². The van der Waals surface area contributed by atoms with Crippen LogP contribution in [0.4, 0.5) is 17.5 Å². The van der Waals surface area contributed by atoms with Gasteiger partial charge in [0.2, 0.25) is 5.95 Å². The number of fused-ring (bicyclic) bond motifs is 1. The van der Waals surface area contributed by atoms with Crippen molar-refractivity contribution in [3.63, 3.8) is 0 Å². The molecule has 0 amide bonds. The van der Waals surface area contributed by atoms with E-state index in [-0.39, 0.29) is 5.75 Å². The van der Waals surface area contributed by atoms with Crippen molar-refractivity contribution in [2.75, 3.05) is 17.2 Å². The van der Waals surface area contributed by atoms with Crippen molar-refractivity contribution < 1.29 is 5.11 Å². The summed E-state index contributed by atoms with van der Waals surface area (Å²) < 4.78 is 0. The Morgan fingerprint density at radius 3 is 2.33 bits per heavy atom. The highest BCUT2D eigenvalue weighted by molar-refractivity contribution is 5.91. The minimum absolute atomic E-state index is 0.195. The lowest BCUT2D eigenvalue weighted by atomic mass is 10.1. The number of nitrogens with zero attached hydrogens (tertiary/aromatic N) is 2. The van der Waals surface area contributed by atoms with Crippen LogP contribution in [-0.2, 0) is 6.42 Å². The fourth-order valence-corrected chi connectivity index (χ4v) is 2.93. The molecule has 0 spiro atoms. The van der Waals surface area contributed by atoms with Crippen molar-refractivity contribution in [3.05, 3.63) is 84.4 Å². The highest BCUT2D eigenvalue weighted by atomic mass is 16.3. The van der Waals surface area contributed by atoms with Gasteiger partial charge in [0.1, 0.15) is 11.6 Å². The fourth-order valence-electron chi connectivity index (χ4n) is 2.93.